The maximum absolute atomic E-state index is 11.8. The number of anilines is 1. The molecule has 0 aliphatic rings. The molecular weight excluding hydrogens is 222 g/mol. The van der Waals surface area contributed by atoms with Gasteiger partial charge in [-0.3, -0.25) is 10.6 Å². The first-order valence-corrected chi connectivity index (χ1v) is 4.87. The maximum Gasteiger partial charge on any atom is 0.253 e. The van der Waals surface area contributed by atoms with Crippen LogP contribution in [0.2, 0.25) is 0 Å². The second-order valence-corrected chi connectivity index (χ2v) is 3.20. The molecule has 8 nitrogen and oxygen atoms in total. The van der Waals surface area contributed by atoms with Crippen molar-refractivity contribution < 1.29 is 4.79 Å². The number of nitrogens with two attached hydrogens (primary N) is 1. The molecule has 0 saturated carbocycles. The van der Waals surface area contributed by atoms with Crippen molar-refractivity contribution in [3.8, 4) is 0 Å². The summed E-state index contributed by atoms with van der Waals surface area (Å²) in [6.07, 6.45) is 0. The molecule has 2 aromatic rings. The van der Waals surface area contributed by atoms with Crippen molar-refractivity contribution in [2.24, 2.45) is 5.84 Å². The highest BCUT2D eigenvalue weighted by Gasteiger charge is 2.10. The van der Waals surface area contributed by atoms with Crippen LogP contribution < -0.4 is 16.6 Å². The minimum absolute atomic E-state index is 0.203. The Labute approximate surface area is 96.6 Å². The van der Waals surface area contributed by atoms with Crippen LogP contribution in [0.4, 0.5) is 5.69 Å². The number of hydrogen-bond acceptors (Lipinski definition) is 6. The molecule has 8 heteroatoms. The Kier molecular flexibility index (Phi) is 3.26. The van der Waals surface area contributed by atoms with Gasteiger partial charge in [-0.2, -0.15) is 5.21 Å². The van der Waals surface area contributed by atoms with Crippen LogP contribution in [0.25, 0.3) is 0 Å². The molecule has 0 bridgehead atoms. The number of benzene rings is 1. The Bertz CT molecular complexity index is 496. The van der Waals surface area contributed by atoms with Gasteiger partial charge >= 0.3 is 0 Å². The lowest BCUT2D eigenvalue weighted by Crippen LogP contribution is -2.25. The average molecular weight is 233 g/mol. The summed E-state index contributed by atoms with van der Waals surface area (Å²) in [6.45, 7) is 0.203. The van der Waals surface area contributed by atoms with Crippen molar-refractivity contribution in [1.82, 2.24) is 25.9 Å². The maximum atomic E-state index is 11.8. The van der Waals surface area contributed by atoms with Crippen molar-refractivity contribution in [3.05, 3.63) is 35.7 Å². The first-order valence-electron chi connectivity index (χ1n) is 4.87. The molecule has 2 rings (SSSR count). The molecule has 0 spiro atoms. The van der Waals surface area contributed by atoms with Gasteiger partial charge in [0.2, 0.25) is 0 Å². The molecule has 17 heavy (non-hydrogen) atoms. The predicted octanol–water partition coefficient (Wildman–Crippen LogP) is -0.585. The minimum atomic E-state index is -0.261. The summed E-state index contributed by atoms with van der Waals surface area (Å²) in [5.41, 5.74) is 3.47. The van der Waals surface area contributed by atoms with E-state index in [1.165, 1.54) is 0 Å². The molecule has 0 fully saturated rings. The standard InChI is InChI=1S/C9H11N7O/c10-12-7-4-2-1-3-6(7)9(17)11-5-8-13-15-16-14-8/h1-4,12H,5,10H2,(H,11,17)(H,13,14,15,16). The summed E-state index contributed by atoms with van der Waals surface area (Å²) in [5, 5.41) is 15.8. The SMILES string of the molecule is NNc1ccccc1C(=O)NCc1nn[nH]n1. The number of hydrazine groups is 1. The zero-order chi connectivity index (χ0) is 12.1. The number of aromatic nitrogens is 4. The summed E-state index contributed by atoms with van der Waals surface area (Å²) in [7, 11) is 0. The highest BCUT2D eigenvalue weighted by Crippen LogP contribution is 2.12. The third-order valence-electron chi connectivity index (χ3n) is 2.12. The van der Waals surface area contributed by atoms with Crippen molar-refractivity contribution in [2.45, 2.75) is 6.54 Å². The van der Waals surface area contributed by atoms with Gasteiger partial charge in [0, 0.05) is 0 Å². The Balaban J connectivity index is 2.04. The molecule has 1 amide bonds. The van der Waals surface area contributed by atoms with Crippen molar-refractivity contribution in [3.63, 3.8) is 0 Å². The highest BCUT2D eigenvalue weighted by atomic mass is 16.1. The smallest absolute Gasteiger partial charge is 0.253 e. The van der Waals surface area contributed by atoms with Gasteiger partial charge in [0.25, 0.3) is 5.91 Å². The van der Waals surface area contributed by atoms with Crippen LogP contribution in [-0.2, 0) is 6.54 Å². The lowest BCUT2D eigenvalue weighted by molar-refractivity contribution is 0.0950. The van der Waals surface area contributed by atoms with Gasteiger partial charge < -0.3 is 10.7 Å². The molecule has 1 heterocycles. The average Bonchev–Trinajstić information content (AvgIpc) is 2.89. The number of carbonyl (C=O) groups is 1. The number of tetrazole rings is 1. The van der Waals surface area contributed by atoms with Gasteiger partial charge in [-0.05, 0) is 12.1 Å². The van der Waals surface area contributed by atoms with Crippen LogP contribution in [-0.4, -0.2) is 26.5 Å². The third-order valence-corrected chi connectivity index (χ3v) is 2.12. The van der Waals surface area contributed by atoms with E-state index in [0.29, 0.717) is 17.1 Å². The number of aromatic amines is 1. The van der Waals surface area contributed by atoms with E-state index in [4.69, 9.17) is 5.84 Å². The quantitative estimate of drug-likeness (QED) is 0.414. The van der Waals surface area contributed by atoms with Gasteiger partial charge in [-0.1, -0.05) is 17.3 Å². The fourth-order valence-corrected chi connectivity index (χ4v) is 1.32. The first-order chi connectivity index (χ1) is 8.31. The van der Waals surface area contributed by atoms with E-state index >= 15 is 0 Å². The molecule has 0 aliphatic carbocycles. The van der Waals surface area contributed by atoms with E-state index in [0.717, 1.165) is 0 Å². The number of nitrogen functional groups attached to an aromatic ring is 1. The van der Waals surface area contributed by atoms with Gasteiger partial charge in [-0.25, -0.2) is 0 Å². The summed E-state index contributed by atoms with van der Waals surface area (Å²) in [5.74, 6) is 5.46. The summed E-state index contributed by atoms with van der Waals surface area (Å²) < 4.78 is 0. The van der Waals surface area contributed by atoms with Crippen molar-refractivity contribution in [2.75, 3.05) is 5.43 Å². The van der Waals surface area contributed by atoms with E-state index in [1.807, 2.05) is 0 Å². The number of rotatable bonds is 4. The van der Waals surface area contributed by atoms with Crippen LogP contribution >= 0.6 is 0 Å². The normalized spacial score (nSPS) is 9.94. The Morgan fingerprint density at radius 3 is 2.94 bits per heavy atom. The Morgan fingerprint density at radius 1 is 1.41 bits per heavy atom. The fraction of sp³-hybridized carbons (Fsp3) is 0.111. The van der Waals surface area contributed by atoms with Gasteiger partial charge in [0.1, 0.15) is 0 Å². The topological polar surface area (TPSA) is 122 Å². The molecule has 0 aliphatic heterocycles. The van der Waals surface area contributed by atoms with Gasteiger partial charge in [-0.15, -0.1) is 10.2 Å². The van der Waals surface area contributed by atoms with Crippen LogP contribution in [0.5, 0.6) is 0 Å². The van der Waals surface area contributed by atoms with Crippen LogP contribution in [0.1, 0.15) is 16.2 Å². The number of nitrogens with one attached hydrogen (secondary N) is 3. The van der Waals surface area contributed by atoms with Crippen LogP contribution in [0.3, 0.4) is 0 Å². The Morgan fingerprint density at radius 2 is 2.24 bits per heavy atom. The molecule has 1 aromatic heterocycles. The van der Waals surface area contributed by atoms with Crippen LogP contribution in [0.15, 0.2) is 24.3 Å². The molecular formula is C9H11N7O. The fourth-order valence-electron chi connectivity index (χ4n) is 1.32. The highest BCUT2D eigenvalue weighted by molar-refractivity contribution is 5.99. The zero-order valence-electron chi connectivity index (χ0n) is 8.84. The number of hydrogen-bond donors (Lipinski definition) is 4. The monoisotopic (exact) mass is 233 g/mol. The third kappa shape index (κ3) is 2.55. The largest absolute Gasteiger partial charge is 0.345 e. The summed E-state index contributed by atoms with van der Waals surface area (Å²) in [4.78, 5) is 11.8. The number of H-pyrrole nitrogens is 1. The number of nitrogens with zero attached hydrogens (tertiary/aromatic N) is 3. The second kappa shape index (κ2) is 5.03. The van der Waals surface area contributed by atoms with E-state index < -0.39 is 0 Å². The van der Waals surface area contributed by atoms with Crippen molar-refractivity contribution >= 4 is 11.6 Å². The van der Waals surface area contributed by atoms with E-state index in [-0.39, 0.29) is 12.5 Å². The molecule has 0 atom stereocenters. The first kappa shape index (κ1) is 11.0. The lowest BCUT2D eigenvalue weighted by atomic mass is 10.1. The van der Waals surface area contributed by atoms with Gasteiger partial charge in [0.05, 0.1) is 17.8 Å². The molecule has 88 valence electrons. The van der Waals surface area contributed by atoms with E-state index in [9.17, 15) is 4.79 Å². The summed E-state index contributed by atoms with van der Waals surface area (Å²) in [6, 6.07) is 6.92. The van der Waals surface area contributed by atoms with E-state index in [2.05, 4.69) is 31.4 Å². The summed E-state index contributed by atoms with van der Waals surface area (Å²) >= 11 is 0. The van der Waals surface area contributed by atoms with Gasteiger partial charge in [0.15, 0.2) is 5.82 Å². The number of carbonyl (C=O) groups excluding carboxylic acids is 1. The van der Waals surface area contributed by atoms with Crippen LogP contribution in [0, 0.1) is 0 Å². The Hall–Kier alpha value is -2.48. The molecule has 0 radical (unpaired) electrons. The molecule has 0 saturated heterocycles. The minimum Gasteiger partial charge on any atom is -0.345 e. The second-order valence-electron chi connectivity index (χ2n) is 3.20. The predicted molar refractivity (Wildman–Crippen MR) is 59.6 cm³/mol. The number of para-hydroxylation sites is 1. The molecule has 0 unspecified atom stereocenters. The number of amides is 1. The van der Waals surface area contributed by atoms with Crippen molar-refractivity contribution in [1.29, 1.82) is 0 Å². The van der Waals surface area contributed by atoms with E-state index in [1.54, 1.807) is 24.3 Å². The molecule has 1 aromatic carbocycles. The lowest BCUT2D eigenvalue weighted by Gasteiger charge is -2.07. The molecule has 5 N–H and O–H groups in total. The zero-order valence-corrected chi connectivity index (χ0v) is 8.84.